The molecule has 0 unspecified atom stereocenters. The molecule has 2 amide bonds. The Morgan fingerprint density at radius 2 is 2.21 bits per heavy atom. The van der Waals surface area contributed by atoms with E-state index in [1.807, 2.05) is 6.92 Å². The highest BCUT2D eigenvalue weighted by molar-refractivity contribution is 7.88. The van der Waals surface area contributed by atoms with Crippen molar-refractivity contribution in [3.63, 3.8) is 0 Å². The van der Waals surface area contributed by atoms with Gasteiger partial charge in [0.15, 0.2) is 0 Å². The van der Waals surface area contributed by atoms with Gasteiger partial charge in [-0.25, -0.2) is 17.5 Å². The van der Waals surface area contributed by atoms with Gasteiger partial charge in [0.25, 0.3) is 0 Å². The van der Waals surface area contributed by atoms with Gasteiger partial charge in [0.2, 0.25) is 10.0 Å². The third kappa shape index (κ3) is 5.75. The fraction of sp³-hybridized carbons (Fsp3) is 0.909. The molecule has 0 aromatic rings. The van der Waals surface area contributed by atoms with E-state index in [9.17, 15) is 13.2 Å². The number of hydrogen-bond donors (Lipinski definition) is 1. The summed E-state index contributed by atoms with van der Waals surface area (Å²) in [6, 6.07) is -0.114. The van der Waals surface area contributed by atoms with E-state index in [2.05, 4.69) is 5.32 Å². The molecule has 1 aliphatic rings. The Morgan fingerprint density at radius 3 is 2.79 bits per heavy atom. The first-order valence-corrected chi connectivity index (χ1v) is 8.21. The minimum absolute atomic E-state index is 0.0656. The molecule has 0 bridgehead atoms. The Labute approximate surface area is 114 Å². The van der Waals surface area contributed by atoms with Crippen LogP contribution in [-0.2, 0) is 14.8 Å². The number of morpholine rings is 1. The fourth-order valence-corrected chi connectivity index (χ4v) is 2.24. The lowest BCUT2D eigenvalue weighted by molar-refractivity contribution is -0.00345. The van der Waals surface area contributed by atoms with Gasteiger partial charge in [-0.1, -0.05) is 0 Å². The van der Waals surface area contributed by atoms with E-state index >= 15 is 0 Å². The molecule has 0 aromatic carbocycles. The normalized spacial score (nSPS) is 20.6. The van der Waals surface area contributed by atoms with Crippen molar-refractivity contribution in [1.82, 2.24) is 14.5 Å². The molecule has 0 spiro atoms. The number of rotatable bonds is 5. The van der Waals surface area contributed by atoms with Crippen molar-refractivity contribution in [2.45, 2.75) is 19.4 Å². The molecule has 0 radical (unpaired) electrons. The van der Waals surface area contributed by atoms with Gasteiger partial charge in [-0.15, -0.1) is 0 Å². The first kappa shape index (κ1) is 16.2. The molecule has 112 valence electrons. The van der Waals surface area contributed by atoms with Crippen LogP contribution < -0.4 is 5.32 Å². The Kier molecular flexibility index (Phi) is 6.02. The Bertz CT molecular complexity index is 399. The Hall–Kier alpha value is -0.860. The summed E-state index contributed by atoms with van der Waals surface area (Å²) < 4.78 is 28.9. The molecule has 0 saturated carbocycles. The average Bonchev–Trinajstić information content (AvgIpc) is 2.32. The number of urea groups is 1. The monoisotopic (exact) mass is 293 g/mol. The minimum atomic E-state index is -3.14. The number of hydrogen-bond acceptors (Lipinski definition) is 4. The van der Waals surface area contributed by atoms with Gasteiger partial charge in [0, 0.05) is 33.2 Å². The summed E-state index contributed by atoms with van der Waals surface area (Å²) >= 11 is 0. The number of nitrogens with one attached hydrogen (secondary N) is 1. The van der Waals surface area contributed by atoms with Crippen molar-refractivity contribution < 1.29 is 17.9 Å². The Balaban J connectivity index is 2.20. The van der Waals surface area contributed by atoms with Crippen LogP contribution in [0.3, 0.4) is 0 Å². The fourth-order valence-electron chi connectivity index (χ4n) is 1.78. The van der Waals surface area contributed by atoms with Crippen molar-refractivity contribution in [1.29, 1.82) is 0 Å². The van der Waals surface area contributed by atoms with Gasteiger partial charge in [-0.05, 0) is 13.3 Å². The maximum Gasteiger partial charge on any atom is 0.317 e. The number of nitrogens with zero attached hydrogens (tertiary/aromatic N) is 2. The second kappa shape index (κ2) is 7.06. The van der Waals surface area contributed by atoms with Crippen LogP contribution >= 0.6 is 0 Å². The zero-order valence-electron chi connectivity index (χ0n) is 11.8. The summed E-state index contributed by atoms with van der Waals surface area (Å²) in [5.41, 5.74) is 0. The van der Waals surface area contributed by atoms with Crippen molar-refractivity contribution in [3.8, 4) is 0 Å². The summed E-state index contributed by atoms with van der Waals surface area (Å²) in [5, 5.41) is 2.79. The van der Waals surface area contributed by atoms with Crippen molar-refractivity contribution >= 4 is 16.1 Å². The van der Waals surface area contributed by atoms with Crippen molar-refractivity contribution in [3.05, 3.63) is 0 Å². The third-order valence-corrected chi connectivity index (χ3v) is 4.34. The quantitative estimate of drug-likeness (QED) is 0.706. The van der Waals surface area contributed by atoms with Gasteiger partial charge >= 0.3 is 6.03 Å². The third-order valence-electron chi connectivity index (χ3n) is 3.02. The summed E-state index contributed by atoms with van der Waals surface area (Å²) in [7, 11) is -1.61. The molecule has 1 atom stereocenters. The van der Waals surface area contributed by atoms with E-state index in [1.54, 1.807) is 4.90 Å². The van der Waals surface area contributed by atoms with Gasteiger partial charge in [-0.2, -0.15) is 0 Å². The predicted octanol–water partition coefficient (Wildman–Crippen LogP) is -0.302. The van der Waals surface area contributed by atoms with Crippen LogP contribution in [0.15, 0.2) is 0 Å². The van der Waals surface area contributed by atoms with Crippen molar-refractivity contribution in [2.75, 3.05) is 46.1 Å². The lowest BCUT2D eigenvalue weighted by Gasteiger charge is -2.31. The first-order chi connectivity index (χ1) is 8.80. The number of carbonyl (C=O) groups is 1. The SMILES string of the molecule is C[C@@H]1CN(C(=O)NCCCN(C)S(C)(=O)=O)CCO1. The average molecular weight is 293 g/mol. The molecule has 1 rings (SSSR count). The van der Waals surface area contributed by atoms with Crippen LogP contribution in [0.2, 0.25) is 0 Å². The number of ether oxygens (including phenoxy) is 1. The summed E-state index contributed by atoms with van der Waals surface area (Å²) in [4.78, 5) is 13.5. The van der Waals surface area contributed by atoms with Gasteiger partial charge in [-0.3, -0.25) is 0 Å². The number of sulfonamides is 1. The topological polar surface area (TPSA) is 79.0 Å². The standard InChI is InChI=1S/C11H23N3O4S/c1-10-9-14(7-8-18-10)11(15)12-5-4-6-13(2)19(3,16)17/h10H,4-9H2,1-3H3,(H,12,15)/t10-/m1/s1. The maximum absolute atomic E-state index is 11.8. The molecule has 8 heteroatoms. The van der Waals surface area contributed by atoms with Gasteiger partial charge in [0.05, 0.1) is 19.0 Å². The van der Waals surface area contributed by atoms with E-state index in [0.29, 0.717) is 39.2 Å². The molecule has 0 aliphatic carbocycles. The van der Waals surface area contributed by atoms with Gasteiger partial charge in [0.1, 0.15) is 0 Å². The van der Waals surface area contributed by atoms with E-state index in [0.717, 1.165) is 0 Å². The van der Waals surface area contributed by atoms with E-state index < -0.39 is 10.0 Å². The number of carbonyl (C=O) groups excluding carboxylic acids is 1. The molecular weight excluding hydrogens is 270 g/mol. The lowest BCUT2D eigenvalue weighted by atomic mass is 10.3. The molecular formula is C11H23N3O4S. The van der Waals surface area contributed by atoms with E-state index in [4.69, 9.17) is 4.74 Å². The highest BCUT2D eigenvalue weighted by atomic mass is 32.2. The molecule has 1 fully saturated rings. The van der Waals surface area contributed by atoms with Crippen LogP contribution in [0, 0.1) is 0 Å². The molecule has 1 N–H and O–H groups in total. The van der Waals surface area contributed by atoms with E-state index in [1.165, 1.54) is 17.6 Å². The lowest BCUT2D eigenvalue weighted by Crippen LogP contribution is -2.49. The first-order valence-electron chi connectivity index (χ1n) is 6.36. The summed E-state index contributed by atoms with van der Waals surface area (Å²) in [6.45, 7) is 4.55. The molecule has 7 nitrogen and oxygen atoms in total. The second-order valence-corrected chi connectivity index (χ2v) is 6.89. The zero-order valence-corrected chi connectivity index (χ0v) is 12.6. The van der Waals surface area contributed by atoms with Crippen LogP contribution in [-0.4, -0.2) is 75.8 Å². The highest BCUT2D eigenvalue weighted by Crippen LogP contribution is 2.04. The van der Waals surface area contributed by atoms with Crippen LogP contribution in [0.1, 0.15) is 13.3 Å². The summed E-state index contributed by atoms with van der Waals surface area (Å²) in [6.07, 6.45) is 1.83. The highest BCUT2D eigenvalue weighted by Gasteiger charge is 2.20. The van der Waals surface area contributed by atoms with E-state index in [-0.39, 0.29) is 12.1 Å². The molecule has 1 aliphatic heterocycles. The van der Waals surface area contributed by atoms with Gasteiger partial charge < -0.3 is 15.0 Å². The molecule has 1 saturated heterocycles. The van der Waals surface area contributed by atoms with Crippen LogP contribution in [0.25, 0.3) is 0 Å². The predicted molar refractivity (Wildman–Crippen MR) is 72.5 cm³/mol. The minimum Gasteiger partial charge on any atom is -0.375 e. The molecule has 0 aromatic heterocycles. The zero-order chi connectivity index (χ0) is 14.5. The Morgan fingerprint density at radius 1 is 1.53 bits per heavy atom. The largest absolute Gasteiger partial charge is 0.375 e. The summed E-state index contributed by atoms with van der Waals surface area (Å²) in [5.74, 6) is 0. The van der Waals surface area contributed by atoms with Crippen LogP contribution in [0.5, 0.6) is 0 Å². The number of amides is 2. The second-order valence-electron chi connectivity index (χ2n) is 4.80. The molecule has 1 heterocycles. The maximum atomic E-state index is 11.8. The smallest absolute Gasteiger partial charge is 0.317 e. The van der Waals surface area contributed by atoms with Crippen molar-refractivity contribution in [2.24, 2.45) is 0 Å². The van der Waals surface area contributed by atoms with Crippen LogP contribution in [0.4, 0.5) is 4.79 Å². The molecule has 19 heavy (non-hydrogen) atoms.